The molecule has 312 valence electrons. The van der Waals surface area contributed by atoms with Crippen molar-refractivity contribution in [2.45, 2.75) is 110 Å². The molecule has 0 N–H and O–H groups in total. The van der Waals surface area contributed by atoms with Crippen molar-refractivity contribution in [3.05, 3.63) is 58.9 Å². The van der Waals surface area contributed by atoms with E-state index in [-0.39, 0.29) is 41.6 Å². The molecule has 3 heterocycles. The minimum Gasteiger partial charge on any atom is -0.488 e. The number of halogens is 1. The Morgan fingerprint density at radius 2 is 1.21 bits per heavy atom. The number of rotatable bonds is 7. The molecule has 4 aliphatic rings. The zero-order chi connectivity index (χ0) is 41.1. The number of anilines is 1. The molecule has 0 radical (unpaired) electrons. The van der Waals surface area contributed by atoms with Gasteiger partial charge < -0.3 is 38.7 Å². The number of benzene rings is 2. The van der Waals surface area contributed by atoms with Gasteiger partial charge in [-0.2, -0.15) is 0 Å². The summed E-state index contributed by atoms with van der Waals surface area (Å²) in [6, 6.07) is 10.2. The van der Waals surface area contributed by atoms with E-state index in [9.17, 15) is 23.6 Å². The molecule has 4 amide bonds. The standard InChI is InChI=1S/C44H62FN5O7/c1-8-30-9-11-31(12-10-30)37-27-32(13-14-38(37)55-36-15-16-50(29-36)42(54)57-44(5,6)7)39(51)47-19-21-48(22-20-47)40(52)33-25-34(45)28-35(26-33)46-17-23-49(24-18-46)41(53)56-43(2,3)4/h13-14,25-28,30-31,36H,8-12,15-24,29H2,1-7H3/t30?,31?,36-/m0/s1. The minimum atomic E-state index is -0.589. The number of amides is 4. The average molecular weight is 792 g/mol. The zero-order valence-corrected chi connectivity index (χ0v) is 35.0. The van der Waals surface area contributed by atoms with Crippen molar-refractivity contribution >= 4 is 29.7 Å². The summed E-state index contributed by atoms with van der Waals surface area (Å²) in [5.41, 5.74) is 1.34. The maximum Gasteiger partial charge on any atom is 0.410 e. The molecule has 3 aliphatic heterocycles. The lowest BCUT2D eigenvalue weighted by atomic mass is 9.77. The number of carbonyl (C=O) groups is 4. The maximum absolute atomic E-state index is 14.9. The van der Waals surface area contributed by atoms with Gasteiger partial charge in [-0.3, -0.25) is 9.59 Å². The monoisotopic (exact) mass is 791 g/mol. The van der Waals surface area contributed by atoms with Gasteiger partial charge in [0.25, 0.3) is 11.8 Å². The van der Waals surface area contributed by atoms with Crippen molar-refractivity contribution in [1.82, 2.24) is 19.6 Å². The fourth-order valence-corrected chi connectivity index (χ4v) is 8.32. The Morgan fingerprint density at radius 1 is 0.649 bits per heavy atom. The van der Waals surface area contributed by atoms with Gasteiger partial charge in [0.2, 0.25) is 0 Å². The Balaban J connectivity index is 1.08. The van der Waals surface area contributed by atoms with Crippen LogP contribution >= 0.6 is 0 Å². The molecular formula is C44H62FN5O7. The number of hydrogen-bond acceptors (Lipinski definition) is 8. The first kappa shape index (κ1) is 42.1. The molecule has 12 nitrogen and oxygen atoms in total. The molecule has 6 rings (SSSR count). The van der Waals surface area contributed by atoms with Gasteiger partial charge in [-0.15, -0.1) is 0 Å². The van der Waals surface area contributed by atoms with Crippen LogP contribution in [0.4, 0.5) is 19.7 Å². The number of piperazine rings is 2. The molecule has 3 saturated heterocycles. The lowest BCUT2D eigenvalue weighted by Gasteiger charge is -2.37. The van der Waals surface area contributed by atoms with E-state index in [1.807, 2.05) is 64.6 Å². The number of carbonyl (C=O) groups excluding carboxylic acids is 4. The second-order valence-corrected chi connectivity index (χ2v) is 18.1. The summed E-state index contributed by atoms with van der Waals surface area (Å²) in [7, 11) is 0. The van der Waals surface area contributed by atoms with Crippen LogP contribution in [-0.2, 0) is 9.47 Å². The van der Waals surface area contributed by atoms with E-state index in [2.05, 4.69) is 6.92 Å². The largest absolute Gasteiger partial charge is 0.488 e. The highest BCUT2D eigenvalue weighted by atomic mass is 19.1. The van der Waals surface area contributed by atoms with Crippen molar-refractivity contribution in [3.8, 4) is 5.75 Å². The van der Waals surface area contributed by atoms with Crippen LogP contribution in [0, 0.1) is 11.7 Å². The van der Waals surface area contributed by atoms with E-state index in [1.54, 1.807) is 25.7 Å². The van der Waals surface area contributed by atoms with Gasteiger partial charge in [0, 0.05) is 82.1 Å². The number of nitrogens with zero attached hydrogens (tertiary/aromatic N) is 5. The third-order valence-electron chi connectivity index (χ3n) is 11.5. The van der Waals surface area contributed by atoms with Gasteiger partial charge in [0.15, 0.2) is 0 Å². The van der Waals surface area contributed by atoms with E-state index in [1.165, 1.54) is 18.6 Å². The molecule has 1 atom stereocenters. The Bertz CT molecular complexity index is 1770. The minimum absolute atomic E-state index is 0.0901. The number of hydrogen-bond donors (Lipinski definition) is 0. The molecule has 4 fully saturated rings. The highest BCUT2D eigenvalue weighted by molar-refractivity contribution is 5.97. The summed E-state index contributed by atoms with van der Waals surface area (Å²) < 4.78 is 32.6. The molecule has 0 aromatic heterocycles. The SMILES string of the molecule is CCC1CCC(c2cc(C(=O)N3CCN(C(=O)c4cc(F)cc(N5CCN(C(=O)OC(C)(C)C)CC5)c4)CC3)ccc2O[C@H]2CCN(C(=O)OC(C)(C)C)C2)CC1. The van der Waals surface area contributed by atoms with Crippen LogP contribution in [-0.4, -0.2) is 126 Å². The lowest BCUT2D eigenvalue weighted by molar-refractivity contribution is 0.0238. The molecule has 2 aromatic carbocycles. The average Bonchev–Trinajstić information content (AvgIpc) is 3.65. The first-order valence-electron chi connectivity index (χ1n) is 20.9. The first-order valence-corrected chi connectivity index (χ1v) is 20.9. The van der Waals surface area contributed by atoms with E-state index < -0.39 is 17.0 Å². The third-order valence-corrected chi connectivity index (χ3v) is 11.5. The molecule has 0 spiro atoms. The van der Waals surface area contributed by atoms with Gasteiger partial charge in [0.1, 0.15) is 28.9 Å². The second-order valence-electron chi connectivity index (χ2n) is 18.1. The quantitative estimate of drug-likeness (QED) is 0.283. The zero-order valence-electron chi connectivity index (χ0n) is 35.0. The Morgan fingerprint density at radius 3 is 1.79 bits per heavy atom. The summed E-state index contributed by atoms with van der Waals surface area (Å²) in [4.78, 5) is 61.8. The van der Waals surface area contributed by atoms with Gasteiger partial charge in [-0.25, -0.2) is 14.0 Å². The Labute approximate surface area is 337 Å². The van der Waals surface area contributed by atoms with Crippen molar-refractivity contribution < 1.29 is 37.8 Å². The molecular weight excluding hydrogens is 730 g/mol. The van der Waals surface area contributed by atoms with Gasteiger partial charge in [-0.05, 0) is 121 Å². The number of likely N-dealkylation sites (tertiary alicyclic amines) is 1. The van der Waals surface area contributed by atoms with Crippen LogP contribution in [0.1, 0.15) is 119 Å². The fourth-order valence-electron chi connectivity index (χ4n) is 8.32. The molecule has 57 heavy (non-hydrogen) atoms. The topological polar surface area (TPSA) is 112 Å². The van der Waals surface area contributed by atoms with Crippen LogP contribution in [0.5, 0.6) is 5.75 Å². The van der Waals surface area contributed by atoms with Crippen LogP contribution in [0.2, 0.25) is 0 Å². The van der Waals surface area contributed by atoms with Gasteiger partial charge in [-0.1, -0.05) is 13.3 Å². The molecule has 0 unspecified atom stereocenters. The Kier molecular flexibility index (Phi) is 12.9. The summed E-state index contributed by atoms with van der Waals surface area (Å²) >= 11 is 0. The highest BCUT2D eigenvalue weighted by Crippen LogP contribution is 2.41. The highest BCUT2D eigenvalue weighted by Gasteiger charge is 2.34. The summed E-state index contributed by atoms with van der Waals surface area (Å²) in [6.45, 7) is 17.5. The second kappa shape index (κ2) is 17.5. The van der Waals surface area contributed by atoms with Crippen molar-refractivity contribution in [2.24, 2.45) is 5.92 Å². The molecule has 2 aromatic rings. The maximum atomic E-state index is 14.9. The van der Waals surface area contributed by atoms with E-state index in [0.29, 0.717) is 89.0 Å². The predicted octanol–water partition coefficient (Wildman–Crippen LogP) is 7.55. The van der Waals surface area contributed by atoms with Crippen molar-refractivity contribution in [1.29, 1.82) is 0 Å². The lowest BCUT2D eigenvalue weighted by Crippen LogP contribution is -2.51. The predicted molar refractivity (Wildman–Crippen MR) is 216 cm³/mol. The van der Waals surface area contributed by atoms with E-state index >= 15 is 0 Å². The van der Waals surface area contributed by atoms with Crippen molar-refractivity contribution in [3.63, 3.8) is 0 Å². The molecule has 1 aliphatic carbocycles. The summed E-state index contributed by atoms with van der Waals surface area (Å²) in [5, 5.41) is 0. The number of ether oxygens (including phenoxy) is 3. The van der Waals surface area contributed by atoms with Crippen molar-refractivity contribution in [2.75, 3.05) is 70.3 Å². The van der Waals surface area contributed by atoms with Crippen LogP contribution in [0.3, 0.4) is 0 Å². The smallest absolute Gasteiger partial charge is 0.410 e. The van der Waals surface area contributed by atoms with Crippen LogP contribution in [0.25, 0.3) is 0 Å². The summed E-state index contributed by atoms with van der Waals surface area (Å²) in [5.74, 6) is 0.897. The summed E-state index contributed by atoms with van der Waals surface area (Å²) in [6.07, 6.45) is 5.35. The Hall–Kier alpha value is -4.55. The normalized spacial score (nSPS) is 22.0. The van der Waals surface area contributed by atoms with Gasteiger partial charge in [0.05, 0.1) is 6.54 Å². The molecule has 13 heteroatoms. The third kappa shape index (κ3) is 10.9. The van der Waals surface area contributed by atoms with Crippen LogP contribution in [0.15, 0.2) is 36.4 Å². The van der Waals surface area contributed by atoms with Crippen LogP contribution < -0.4 is 9.64 Å². The van der Waals surface area contributed by atoms with Gasteiger partial charge >= 0.3 is 12.2 Å². The fraction of sp³-hybridized carbons (Fsp3) is 0.636. The molecule has 0 bridgehead atoms. The van der Waals surface area contributed by atoms with E-state index in [0.717, 1.165) is 37.0 Å². The first-order chi connectivity index (χ1) is 27.0. The van der Waals surface area contributed by atoms with E-state index in [4.69, 9.17) is 14.2 Å². The molecule has 1 saturated carbocycles.